The van der Waals surface area contributed by atoms with Crippen molar-refractivity contribution in [1.29, 1.82) is 0 Å². The van der Waals surface area contributed by atoms with Crippen molar-refractivity contribution in [3.63, 3.8) is 0 Å². The number of carbonyl (C=O) groups excluding carboxylic acids is 2. The highest BCUT2D eigenvalue weighted by Crippen LogP contribution is 2.62. The quantitative estimate of drug-likeness (QED) is 0.406. The van der Waals surface area contributed by atoms with Gasteiger partial charge in [-0.2, -0.15) is 57.1 Å². The first-order valence-corrected chi connectivity index (χ1v) is 7.43. The molecule has 32 heavy (non-hydrogen) atoms. The summed E-state index contributed by atoms with van der Waals surface area (Å²) < 4.78 is 191. The first-order chi connectivity index (χ1) is 13.8. The molecule has 1 unspecified atom stereocenters. The van der Waals surface area contributed by atoms with Crippen molar-refractivity contribution < 1.29 is 80.9 Å². The minimum absolute atomic E-state index is 0.0553. The normalized spacial score (nSPS) is 24.5. The molecule has 0 radical (unpaired) electrons. The highest BCUT2D eigenvalue weighted by molar-refractivity contribution is 5.87. The lowest BCUT2D eigenvalue weighted by molar-refractivity contribution is -0.592. The number of amides is 1. The number of alkyl halides is 14. The maximum Gasteiger partial charge on any atom is 0.439 e. The first-order valence-electron chi connectivity index (χ1n) is 7.43. The number of nitrogens with zero attached hydrogens (tertiary/aromatic N) is 2. The van der Waals surface area contributed by atoms with Gasteiger partial charge in [0, 0.05) is 26.0 Å². The van der Waals surface area contributed by atoms with E-state index in [1.165, 1.54) is 0 Å². The Bertz CT molecular complexity index is 743. The maximum atomic E-state index is 14.6. The van der Waals surface area contributed by atoms with E-state index < -0.39 is 76.8 Å². The first kappa shape index (κ1) is 27.9. The molecule has 0 saturated carbocycles. The highest BCUT2D eigenvalue weighted by Gasteiger charge is 2.92. The minimum Gasteiger partial charge on any atom is -0.550 e. The number of carbonyl (C=O) groups is 2. The fourth-order valence-corrected chi connectivity index (χ4v) is 2.27. The van der Waals surface area contributed by atoms with Gasteiger partial charge in [-0.25, -0.2) is 9.13 Å². The van der Waals surface area contributed by atoms with E-state index in [-0.39, 0.29) is 7.05 Å². The Kier molecular flexibility index (Phi) is 6.50. The standard InChI is InChI=1S/C12H8F14N2O4/c1-27(3-2-4(29)30)5(31)6(13,7(14,15)16)8(17,18)28-9(19,20)11(23,24)32-12(25,26)10(28,21)22/h2-3H2,1H3,(H,29,30)/p-1. The third-order valence-electron chi connectivity index (χ3n) is 3.90. The monoisotopic (exact) mass is 509 g/mol. The molecule has 0 aromatic rings. The Morgan fingerprint density at radius 3 is 1.56 bits per heavy atom. The molecule has 0 spiro atoms. The molecule has 0 aromatic heterocycles. The second kappa shape index (κ2) is 7.45. The molecule has 0 N–H and O–H groups in total. The maximum absolute atomic E-state index is 14.6. The second-order valence-corrected chi connectivity index (χ2v) is 6.10. The number of carboxylic acid groups (broad SMARTS) is 1. The van der Waals surface area contributed by atoms with Crippen LogP contribution in [0.3, 0.4) is 0 Å². The Morgan fingerprint density at radius 2 is 1.25 bits per heavy atom. The van der Waals surface area contributed by atoms with Gasteiger partial charge in [0.15, 0.2) is 0 Å². The summed E-state index contributed by atoms with van der Waals surface area (Å²) in [6.07, 6.45) is -23.1. The van der Waals surface area contributed by atoms with Crippen molar-refractivity contribution in [3.8, 4) is 0 Å². The number of halogens is 14. The van der Waals surface area contributed by atoms with Gasteiger partial charge in [-0.15, -0.1) is 4.90 Å². The van der Waals surface area contributed by atoms with Gasteiger partial charge in [-0.3, -0.25) is 4.79 Å². The number of hydrogen-bond acceptors (Lipinski definition) is 5. The van der Waals surface area contributed by atoms with E-state index >= 15 is 0 Å². The van der Waals surface area contributed by atoms with E-state index in [1.54, 1.807) is 4.74 Å². The molecule has 0 aromatic carbocycles. The lowest BCUT2D eigenvalue weighted by Gasteiger charge is -2.51. The van der Waals surface area contributed by atoms with Gasteiger partial charge < -0.3 is 14.8 Å². The van der Waals surface area contributed by atoms with Crippen molar-refractivity contribution in [2.45, 2.75) is 48.6 Å². The third kappa shape index (κ3) is 3.79. The Balaban J connectivity index is 3.83. The summed E-state index contributed by atoms with van der Waals surface area (Å²) in [4.78, 5) is 16.9. The average Bonchev–Trinajstić information content (AvgIpc) is 2.53. The number of carboxylic acids is 1. The largest absolute Gasteiger partial charge is 0.550 e. The minimum atomic E-state index is -7.87. The average molecular weight is 509 g/mol. The van der Waals surface area contributed by atoms with Crippen LogP contribution in [0.1, 0.15) is 6.42 Å². The zero-order chi connectivity index (χ0) is 25.9. The zero-order valence-electron chi connectivity index (χ0n) is 14.7. The van der Waals surface area contributed by atoms with Crippen molar-refractivity contribution in [1.82, 2.24) is 9.80 Å². The van der Waals surface area contributed by atoms with Crippen molar-refractivity contribution in [2.75, 3.05) is 13.6 Å². The molecule has 1 rings (SSSR count). The van der Waals surface area contributed by atoms with E-state index in [0.29, 0.717) is 0 Å². The molecule has 6 nitrogen and oxygen atoms in total. The van der Waals surface area contributed by atoms with Crippen LogP contribution in [-0.2, 0) is 14.3 Å². The number of aliphatic carboxylic acids is 1. The molecular formula is C12H7F14N2O4-. The summed E-state index contributed by atoms with van der Waals surface area (Å²) in [6.45, 7) is -1.62. The lowest BCUT2D eigenvalue weighted by Crippen LogP contribution is -2.83. The summed E-state index contributed by atoms with van der Waals surface area (Å²) >= 11 is 0. The van der Waals surface area contributed by atoms with Crippen LogP contribution in [0.4, 0.5) is 61.5 Å². The van der Waals surface area contributed by atoms with E-state index in [1.807, 2.05) is 0 Å². The van der Waals surface area contributed by atoms with Crippen LogP contribution < -0.4 is 5.11 Å². The van der Waals surface area contributed by atoms with Crippen molar-refractivity contribution >= 4 is 11.9 Å². The molecule has 0 bridgehead atoms. The van der Waals surface area contributed by atoms with Crippen LogP contribution in [0.5, 0.6) is 0 Å². The highest BCUT2D eigenvalue weighted by atomic mass is 19.4. The number of ether oxygens (including phenoxy) is 1. The molecule has 1 amide bonds. The van der Waals surface area contributed by atoms with E-state index in [0.717, 1.165) is 0 Å². The van der Waals surface area contributed by atoms with Gasteiger partial charge in [0.25, 0.3) is 5.91 Å². The molecule has 188 valence electrons. The molecule has 1 aliphatic heterocycles. The Hall–Kier alpha value is -2.12. The molecule has 1 fully saturated rings. The fourth-order valence-electron chi connectivity index (χ4n) is 2.27. The molecule has 0 aliphatic carbocycles. The summed E-state index contributed by atoms with van der Waals surface area (Å²) in [5.41, 5.74) is -7.31. The smallest absolute Gasteiger partial charge is 0.439 e. The van der Waals surface area contributed by atoms with Gasteiger partial charge in [-0.05, 0) is 0 Å². The number of rotatable bonds is 6. The molecule has 1 heterocycles. The van der Waals surface area contributed by atoms with Crippen LogP contribution in [0, 0.1) is 0 Å². The molecule has 1 atom stereocenters. The fraction of sp³-hybridized carbons (Fsp3) is 0.833. The second-order valence-electron chi connectivity index (χ2n) is 6.10. The van der Waals surface area contributed by atoms with Crippen LogP contribution in [0.2, 0.25) is 0 Å². The molecular weight excluding hydrogens is 502 g/mol. The SMILES string of the molecule is CN(CCC(=O)[O-])C(=O)C(F)(C(F)(F)F)C(F)(F)N1C(F)(F)C(F)(F)OC(F)(F)C1(F)F. The summed E-state index contributed by atoms with van der Waals surface area (Å²) in [5.74, 6) is -5.95. The van der Waals surface area contributed by atoms with Gasteiger partial charge in [-0.1, -0.05) is 0 Å². The van der Waals surface area contributed by atoms with Gasteiger partial charge >= 0.3 is 42.2 Å². The van der Waals surface area contributed by atoms with Crippen molar-refractivity contribution in [3.05, 3.63) is 0 Å². The lowest BCUT2D eigenvalue weighted by atomic mass is 9.97. The number of morpholine rings is 1. The van der Waals surface area contributed by atoms with E-state index in [4.69, 9.17) is 0 Å². The van der Waals surface area contributed by atoms with Crippen LogP contribution in [0.25, 0.3) is 0 Å². The van der Waals surface area contributed by atoms with E-state index in [9.17, 15) is 76.2 Å². The van der Waals surface area contributed by atoms with Gasteiger partial charge in [0.05, 0.1) is 0 Å². The topological polar surface area (TPSA) is 72.9 Å². The van der Waals surface area contributed by atoms with Crippen molar-refractivity contribution in [2.24, 2.45) is 0 Å². The number of hydrogen-bond donors (Lipinski definition) is 0. The van der Waals surface area contributed by atoms with Gasteiger partial charge in [0.2, 0.25) is 0 Å². The predicted octanol–water partition coefficient (Wildman–Crippen LogP) is 2.15. The van der Waals surface area contributed by atoms with E-state index in [2.05, 4.69) is 0 Å². The van der Waals surface area contributed by atoms with Crippen LogP contribution in [-0.4, -0.2) is 77.5 Å². The molecule has 1 saturated heterocycles. The molecule has 20 heteroatoms. The van der Waals surface area contributed by atoms with Crippen LogP contribution in [0.15, 0.2) is 0 Å². The van der Waals surface area contributed by atoms with Crippen LogP contribution >= 0.6 is 0 Å². The summed E-state index contributed by atoms with van der Waals surface area (Å²) in [7, 11) is -0.0553. The zero-order valence-corrected chi connectivity index (χ0v) is 14.7. The summed E-state index contributed by atoms with van der Waals surface area (Å²) in [6, 6.07) is -22.8. The van der Waals surface area contributed by atoms with Gasteiger partial charge in [0.1, 0.15) is 0 Å². The predicted molar refractivity (Wildman–Crippen MR) is 64.8 cm³/mol. The molecule has 1 aliphatic rings. The Morgan fingerprint density at radius 1 is 0.875 bits per heavy atom. The Labute approximate surface area is 166 Å². The third-order valence-corrected chi connectivity index (χ3v) is 3.90. The summed E-state index contributed by atoms with van der Waals surface area (Å²) in [5, 5.41) is 10.2.